The highest BCUT2D eigenvalue weighted by atomic mass is 19.1. The van der Waals surface area contributed by atoms with Crippen LogP contribution >= 0.6 is 0 Å². The lowest BCUT2D eigenvalue weighted by Crippen LogP contribution is -2.41. The molecule has 3 aromatic carbocycles. The predicted octanol–water partition coefficient (Wildman–Crippen LogP) is 6.52. The van der Waals surface area contributed by atoms with Crippen molar-refractivity contribution in [2.45, 2.75) is 44.8 Å². The summed E-state index contributed by atoms with van der Waals surface area (Å²) in [5.74, 6) is -1.46. The maximum Gasteiger partial charge on any atom is 0.492 e. The van der Waals surface area contributed by atoms with Gasteiger partial charge in [-0.25, -0.2) is 13.6 Å². The fraction of sp³-hybridized carbons (Fsp3) is 0.300. The molecule has 0 saturated carbocycles. The van der Waals surface area contributed by atoms with Crippen molar-refractivity contribution in [3.05, 3.63) is 101 Å². The summed E-state index contributed by atoms with van der Waals surface area (Å²) < 4.78 is 45.8. The molecule has 1 amide bonds. The molecule has 1 saturated heterocycles. The summed E-state index contributed by atoms with van der Waals surface area (Å²) in [5, 5.41) is 2.75. The molecule has 0 spiro atoms. The van der Waals surface area contributed by atoms with E-state index < -0.39 is 36.0 Å². The summed E-state index contributed by atoms with van der Waals surface area (Å²) >= 11 is 0. The van der Waals surface area contributed by atoms with E-state index in [-0.39, 0.29) is 24.6 Å². The van der Waals surface area contributed by atoms with Gasteiger partial charge in [0.2, 0.25) is 0 Å². The van der Waals surface area contributed by atoms with Crippen LogP contribution in [0, 0.1) is 11.6 Å². The summed E-state index contributed by atoms with van der Waals surface area (Å²) in [7, 11) is -0.835. The molecule has 38 heavy (non-hydrogen) atoms. The predicted molar refractivity (Wildman–Crippen MR) is 143 cm³/mol. The normalized spacial score (nSPS) is 17.7. The molecule has 0 unspecified atom stereocenters. The molecule has 3 aromatic rings. The lowest BCUT2D eigenvalue weighted by Gasteiger charge is -2.32. The van der Waals surface area contributed by atoms with Crippen LogP contribution in [0.5, 0.6) is 0 Å². The first-order valence-electron chi connectivity index (χ1n) is 12.7. The highest BCUT2D eigenvalue weighted by Crippen LogP contribution is 2.44. The fourth-order valence-electron chi connectivity index (χ4n) is 4.84. The molecule has 1 heterocycles. The van der Waals surface area contributed by atoms with Crippen LogP contribution in [0.4, 0.5) is 13.6 Å². The molecule has 1 N–H and O–H groups in total. The minimum absolute atomic E-state index is 0.00961. The van der Waals surface area contributed by atoms with Crippen LogP contribution in [-0.4, -0.2) is 37.6 Å². The third kappa shape index (κ3) is 4.98. The number of hydrogen-bond acceptors (Lipinski definition) is 4. The van der Waals surface area contributed by atoms with Gasteiger partial charge in [-0.05, 0) is 67.6 Å². The van der Waals surface area contributed by atoms with Gasteiger partial charge in [-0.15, -0.1) is 0 Å². The van der Waals surface area contributed by atoms with Gasteiger partial charge in [0.1, 0.15) is 18.2 Å². The lowest BCUT2D eigenvalue weighted by molar-refractivity contribution is 0.00578. The number of carbonyl (C=O) groups is 1. The van der Waals surface area contributed by atoms with E-state index in [0.717, 1.165) is 28.3 Å². The number of benzene rings is 3. The van der Waals surface area contributed by atoms with Crippen molar-refractivity contribution < 1.29 is 27.6 Å². The zero-order chi connectivity index (χ0) is 27.1. The first kappa shape index (κ1) is 26.1. The van der Waals surface area contributed by atoms with Gasteiger partial charge in [-0.2, -0.15) is 0 Å². The second-order valence-electron chi connectivity index (χ2n) is 10.7. The second kappa shape index (κ2) is 10.0. The molecule has 5 rings (SSSR count). The highest BCUT2D eigenvalue weighted by Gasteiger charge is 2.52. The minimum Gasteiger partial charge on any atom is -0.449 e. The van der Waals surface area contributed by atoms with Crippen LogP contribution in [0.15, 0.2) is 72.2 Å². The summed E-state index contributed by atoms with van der Waals surface area (Å²) in [5.41, 5.74) is 3.88. The zero-order valence-corrected chi connectivity index (χ0v) is 21.9. The third-order valence-corrected chi connectivity index (χ3v) is 7.64. The van der Waals surface area contributed by atoms with Gasteiger partial charge in [0, 0.05) is 24.1 Å². The molecule has 0 bridgehead atoms. The van der Waals surface area contributed by atoms with Crippen molar-refractivity contribution in [1.82, 2.24) is 5.32 Å². The third-order valence-electron chi connectivity index (χ3n) is 7.64. The van der Waals surface area contributed by atoms with E-state index in [2.05, 4.69) is 29.6 Å². The Morgan fingerprint density at radius 2 is 1.53 bits per heavy atom. The number of rotatable bonds is 6. The Balaban J connectivity index is 1.31. The Bertz CT molecular complexity index is 1340. The molecule has 196 valence electrons. The molecular formula is C30H30BF2NO4. The molecule has 0 atom stereocenters. The van der Waals surface area contributed by atoms with Crippen molar-refractivity contribution in [1.29, 1.82) is 0 Å². The van der Waals surface area contributed by atoms with Gasteiger partial charge in [0.25, 0.3) is 0 Å². The van der Waals surface area contributed by atoms with Gasteiger partial charge in [-0.3, -0.25) is 0 Å². The topological polar surface area (TPSA) is 56.8 Å². The van der Waals surface area contributed by atoms with E-state index in [0.29, 0.717) is 5.47 Å². The average molecular weight is 517 g/mol. The number of fused-ring (bicyclic) bond motifs is 3. The Kier molecular flexibility index (Phi) is 6.88. The van der Waals surface area contributed by atoms with Gasteiger partial charge in [0.05, 0.1) is 11.2 Å². The van der Waals surface area contributed by atoms with E-state index in [1.165, 1.54) is 18.2 Å². The fourth-order valence-corrected chi connectivity index (χ4v) is 4.84. The lowest BCUT2D eigenvalue weighted by atomic mass is 9.77. The van der Waals surface area contributed by atoms with Gasteiger partial charge < -0.3 is 19.4 Å². The van der Waals surface area contributed by atoms with Gasteiger partial charge >= 0.3 is 13.2 Å². The van der Waals surface area contributed by atoms with E-state index in [4.69, 9.17) is 14.0 Å². The average Bonchev–Trinajstić information content (AvgIpc) is 3.30. The molecule has 2 aliphatic rings. The second-order valence-corrected chi connectivity index (χ2v) is 10.7. The summed E-state index contributed by atoms with van der Waals surface area (Å²) in [6.45, 7) is 7.78. The molecule has 1 aliphatic heterocycles. The van der Waals surface area contributed by atoms with Crippen LogP contribution in [0.2, 0.25) is 0 Å². The van der Waals surface area contributed by atoms with Crippen LogP contribution in [0.25, 0.3) is 17.2 Å². The Morgan fingerprint density at radius 1 is 0.947 bits per heavy atom. The molecule has 0 aromatic heterocycles. The maximum atomic E-state index is 14.5. The number of hydrogen-bond donors (Lipinski definition) is 1. The number of halogens is 2. The van der Waals surface area contributed by atoms with E-state index >= 15 is 0 Å². The molecule has 1 fully saturated rings. The molecule has 8 heteroatoms. The summed E-state index contributed by atoms with van der Waals surface area (Å²) in [6, 6.07) is 19.5. The van der Waals surface area contributed by atoms with Gasteiger partial charge in [0.15, 0.2) is 0 Å². The summed E-state index contributed by atoms with van der Waals surface area (Å²) in [6.07, 6.45) is 0.898. The van der Waals surface area contributed by atoms with E-state index in [1.807, 2.05) is 52.0 Å². The minimum atomic E-state index is -0.835. The molecule has 5 nitrogen and oxygen atoms in total. The largest absolute Gasteiger partial charge is 0.492 e. The monoisotopic (exact) mass is 517 g/mol. The van der Waals surface area contributed by atoms with Gasteiger partial charge in [-0.1, -0.05) is 54.6 Å². The summed E-state index contributed by atoms with van der Waals surface area (Å²) in [4.78, 5) is 12.8. The number of amides is 1. The van der Waals surface area contributed by atoms with Crippen molar-refractivity contribution in [3.8, 4) is 11.1 Å². The number of nitrogens with one attached hydrogen (secondary N) is 1. The quantitative estimate of drug-likeness (QED) is 0.379. The SMILES string of the molecule is CC1(C)OB(C(=Cc2ccc(F)cc2F)CNC(=O)OCC2c3ccccc3-c3ccccc32)OC1(C)C. The first-order valence-corrected chi connectivity index (χ1v) is 12.7. The Labute approximate surface area is 221 Å². The molecule has 1 aliphatic carbocycles. The van der Waals surface area contributed by atoms with Crippen molar-refractivity contribution in [2.75, 3.05) is 13.2 Å². The number of alkyl carbamates (subject to hydrolysis) is 1. The standard InChI is InChI=1S/C30H30BF2NO4/c1-29(2)30(3,4)38-31(37-29)20(15-19-13-14-21(32)16-27(19)33)17-34-28(35)36-18-26-24-11-7-5-9-22(24)23-10-6-8-12-25(23)26/h5-16,26H,17-18H2,1-4H3,(H,34,35). The van der Waals surface area contributed by atoms with Crippen LogP contribution < -0.4 is 5.32 Å². The molecule has 0 radical (unpaired) electrons. The smallest absolute Gasteiger partial charge is 0.449 e. The zero-order valence-electron chi connectivity index (χ0n) is 21.9. The number of ether oxygens (including phenoxy) is 1. The van der Waals surface area contributed by atoms with E-state index in [9.17, 15) is 13.6 Å². The van der Waals surface area contributed by atoms with Crippen LogP contribution in [-0.2, 0) is 14.0 Å². The Morgan fingerprint density at radius 3 is 2.11 bits per heavy atom. The highest BCUT2D eigenvalue weighted by molar-refractivity contribution is 6.56. The van der Waals surface area contributed by atoms with Crippen LogP contribution in [0.3, 0.4) is 0 Å². The first-order chi connectivity index (χ1) is 18.1. The van der Waals surface area contributed by atoms with E-state index in [1.54, 1.807) is 0 Å². The Hall–Kier alpha value is -3.49. The number of carbonyl (C=O) groups excluding carboxylic acids is 1. The maximum absolute atomic E-state index is 14.5. The van der Waals surface area contributed by atoms with Crippen molar-refractivity contribution >= 4 is 19.3 Å². The van der Waals surface area contributed by atoms with Crippen LogP contribution in [0.1, 0.15) is 50.3 Å². The van der Waals surface area contributed by atoms with Crippen molar-refractivity contribution in [3.63, 3.8) is 0 Å². The molecular weight excluding hydrogens is 487 g/mol. The van der Waals surface area contributed by atoms with Crippen molar-refractivity contribution in [2.24, 2.45) is 0 Å².